The van der Waals surface area contributed by atoms with Crippen LogP contribution in [0.1, 0.15) is 6.42 Å². The zero-order valence-electron chi connectivity index (χ0n) is 13.1. The Hall–Kier alpha value is -2.42. The van der Waals surface area contributed by atoms with Crippen LogP contribution >= 0.6 is 24.0 Å². The third kappa shape index (κ3) is 4.36. The lowest BCUT2D eigenvalue weighted by molar-refractivity contribution is 0.804. The zero-order valence-corrected chi connectivity index (χ0v) is 14.7. The predicted octanol–water partition coefficient (Wildman–Crippen LogP) is 1.85. The molecule has 10 heteroatoms. The van der Waals surface area contributed by atoms with Crippen molar-refractivity contribution in [2.75, 3.05) is 18.4 Å². The molecule has 0 fully saturated rings. The van der Waals surface area contributed by atoms with Crippen LogP contribution in [0.25, 0.3) is 17.2 Å². The van der Waals surface area contributed by atoms with Gasteiger partial charge in [-0.25, -0.2) is 4.98 Å². The third-order valence-corrected chi connectivity index (χ3v) is 3.59. The number of H-pyrrole nitrogens is 1. The van der Waals surface area contributed by atoms with Crippen LogP contribution in [0.15, 0.2) is 41.5 Å². The minimum Gasteiger partial charge on any atom is -0.383 e. The van der Waals surface area contributed by atoms with E-state index < -0.39 is 0 Å². The van der Waals surface area contributed by atoms with Crippen molar-refractivity contribution in [2.45, 2.75) is 6.42 Å². The number of hydrogen-bond donors (Lipinski definition) is 3. The van der Waals surface area contributed by atoms with Crippen molar-refractivity contribution in [3.63, 3.8) is 0 Å². The van der Waals surface area contributed by atoms with E-state index >= 15 is 0 Å². The first-order valence-electron chi connectivity index (χ1n) is 7.39. The van der Waals surface area contributed by atoms with Gasteiger partial charge in [-0.1, -0.05) is 11.6 Å². The SMILES string of the molecule is Cl.NCCCNc1cc(=O)n(-c2ccc(Cl)cc2)nc1-c1ncn[nH]1. The highest BCUT2D eigenvalue weighted by atomic mass is 35.5. The summed E-state index contributed by atoms with van der Waals surface area (Å²) in [5, 5.41) is 14.8. The summed E-state index contributed by atoms with van der Waals surface area (Å²) in [5.41, 5.74) is 6.93. The number of nitrogens with two attached hydrogens (primary N) is 1. The molecule has 132 valence electrons. The van der Waals surface area contributed by atoms with E-state index in [1.54, 1.807) is 24.3 Å². The van der Waals surface area contributed by atoms with E-state index in [0.29, 0.717) is 41.0 Å². The first-order valence-corrected chi connectivity index (χ1v) is 7.77. The maximum Gasteiger partial charge on any atom is 0.273 e. The lowest BCUT2D eigenvalue weighted by Gasteiger charge is -2.12. The number of nitrogens with one attached hydrogen (secondary N) is 2. The molecule has 0 aliphatic heterocycles. The third-order valence-electron chi connectivity index (χ3n) is 3.34. The van der Waals surface area contributed by atoms with Crippen molar-refractivity contribution in [3.05, 3.63) is 52.0 Å². The standard InChI is InChI=1S/C15H16ClN7O.ClH/c16-10-2-4-11(5-3-10)23-13(24)8-12(18-7-1-6-17)14(22-23)15-19-9-20-21-15;/h2-5,8-9,18H,1,6-7,17H2,(H,19,20,21);1H. The summed E-state index contributed by atoms with van der Waals surface area (Å²) in [6.45, 7) is 1.18. The van der Waals surface area contributed by atoms with Gasteiger partial charge in [-0.15, -0.1) is 12.4 Å². The van der Waals surface area contributed by atoms with Crippen LogP contribution in [0.2, 0.25) is 5.02 Å². The van der Waals surface area contributed by atoms with E-state index in [2.05, 4.69) is 25.6 Å². The molecule has 2 heterocycles. The topological polar surface area (TPSA) is 115 Å². The van der Waals surface area contributed by atoms with Crippen molar-refractivity contribution in [1.29, 1.82) is 0 Å². The number of rotatable bonds is 6. The van der Waals surface area contributed by atoms with Gasteiger partial charge in [0.05, 0.1) is 11.4 Å². The molecular formula is C15H17Cl2N7O. The molecule has 0 bridgehead atoms. The summed E-state index contributed by atoms with van der Waals surface area (Å²) in [7, 11) is 0. The Bertz CT molecular complexity index is 863. The molecule has 0 saturated carbocycles. The zero-order chi connectivity index (χ0) is 16.9. The molecule has 0 amide bonds. The second-order valence-electron chi connectivity index (χ2n) is 5.04. The maximum atomic E-state index is 12.4. The number of nitrogens with zero attached hydrogens (tertiary/aromatic N) is 4. The fourth-order valence-electron chi connectivity index (χ4n) is 2.18. The number of aromatic nitrogens is 5. The van der Waals surface area contributed by atoms with E-state index in [1.807, 2.05) is 0 Å². The second-order valence-corrected chi connectivity index (χ2v) is 5.47. The molecule has 25 heavy (non-hydrogen) atoms. The molecule has 2 aromatic heterocycles. The van der Waals surface area contributed by atoms with E-state index in [-0.39, 0.29) is 18.0 Å². The predicted molar refractivity (Wildman–Crippen MR) is 99.6 cm³/mol. The van der Waals surface area contributed by atoms with Crippen molar-refractivity contribution in [3.8, 4) is 17.2 Å². The van der Waals surface area contributed by atoms with Crippen molar-refractivity contribution in [2.24, 2.45) is 5.73 Å². The Morgan fingerprint density at radius 3 is 2.68 bits per heavy atom. The first kappa shape index (κ1) is 18.9. The number of halogens is 2. The molecule has 8 nitrogen and oxygen atoms in total. The molecule has 3 rings (SSSR count). The van der Waals surface area contributed by atoms with Gasteiger partial charge in [0, 0.05) is 17.6 Å². The highest BCUT2D eigenvalue weighted by molar-refractivity contribution is 6.30. The largest absolute Gasteiger partial charge is 0.383 e. The average molecular weight is 382 g/mol. The Balaban J connectivity index is 0.00000225. The summed E-state index contributed by atoms with van der Waals surface area (Å²) < 4.78 is 1.29. The highest BCUT2D eigenvalue weighted by Crippen LogP contribution is 2.21. The van der Waals surface area contributed by atoms with E-state index in [4.69, 9.17) is 17.3 Å². The van der Waals surface area contributed by atoms with Gasteiger partial charge < -0.3 is 11.1 Å². The monoisotopic (exact) mass is 381 g/mol. The average Bonchev–Trinajstić information content (AvgIpc) is 3.11. The van der Waals surface area contributed by atoms with Gasteiger partial charge in [-0.2, -0.15) is 14.9 Å². The Morgan fingerprint density at radius 2 is 2.04 bits per heavy atom. The smallest absolute Gasteiger partial charge is 0.273 e. The van der Waals surface area contributed by atoms with Gasteiger partial charge in [-0.3, -0.25) is 9.89 Å². The molecule has 0 aliphatic carbocycles. The van der Waals surface area contributed by atoms with Crippen LogP contribution in [-0.2, 0) is 0 Å². The summed E-state index contributed by atoms with van der Waals surface area (Å²) >= 11 is 5.90. The molecule has 0 aliphatic rings. The minimum atomic E-state index is -0.268. The molecule has 0 unspecified atom stereocenters. The lowest BCUT2D eigenvalue weighted by Crippen LogP contribution is -2.23. The van der Waals surface area contributed by atoms with Crippen LogP contribution in [0.5, 0.6) is 0 Å². The quantitative estimate of drug-likeness (QED) is 0.561. The second kappa shape index (κ2) is 8.61. The summed E-state index contributed by atoms with van der Waals surface area (Å²) in [5.74, 6) is 0.466. The van der Waals surface area contributed by atoms with Crippen LogP contribution in [0, 0.1) is 0 Å². The molecular weight excluding hydrogens is 365 g/mol. The summed E-state index contributed by atoms with van der Waals surface area (Å²) in [6, 6.07) is 8.33. The molecule has 0 saturated heterocycles. The van der Waals surface area contributed by atoms with E-state index in [9.17, 15) is 4.79 Å². The van der Waals surface area contributed by atoms with E-state index in [0.717, 1.165) is 6.42 Å². The van der Waals surface area contributed by atoms with Crippen LogP contribution < -0.4 is 16.6 Å². The Labute approximate surface area is 154 Å². The van der Waals surface area contributed by atoms with E-state index in [1.165, 1.54) is 17.1 Å². The Morgan fingerprint density at radius 1 is 1.28 bits per heavy atom. The molecule has 1 aromatic carbocycles. The van der Waals surface area contributed by atoms with Crippen LogP contribution in [-0.4, -0.2) is 38.1 Å². The van der Waals surface area contributed by atoms with Gasteiger partial charge >= 0.3 is 0 Å². The number of aromatic amines is 1. The number of hydrogen-bond acceptors (Lipinski definition) is 6. The highest BCUT2D eigenvalue weighted by Gasteiger charge is 2.14. The normalized spacial score (nSPS) is 10.3. The Kier molecular flexibility index (Phi) is 6.51. The molecule has 4 N–H and O–H groups in total. The van der Waals surface area contributed by atoms with Crippen LogP contribution in [0.4, 0.5) is 5.69 Å². The fourth-order valence-corrected chi connectivity index (χ4v) is 2.30. The van der Waals surface area contributed by atoms with Crippen LogP contribution in [0.3, 0.4) is 0 Å². The molecule has 3 aromatic rings. The van der Waals surface area contributed by atoms with Crippen molar-refractivity contribution >= 4 is 29.7 Å². The van der Waals surface area contributed by atoms with Gasteiger partial charge in [0.15, 0.2) is 11.5 Å². The summed E-state index contributed by atoms with van der Waals surface area (Å²) in [4.78, 5) is 16.6. The number of anilines is 1. The van der Waals surface area contributed by atoms with Gasteiger partial charge in [0.1, 0.15) is 6.33 Å². The first-order chi connectivity index (χ1) is 11.7. The maximum absolute atomic E-state index is 12.4. The van der Waals surface area contributed by atoms with Gasteiger partial charge in [-0.05, 0) is 37.2 Å². The molecule has 0 atom stereocenters. The van der Waals surface area contributed by atoms with Crippen molar-refractivity contribution < 1.29 is 0 Å². The van der Waals surface area contributed by atoms with Gasteiger partial charge in [0.2, 0.25) is 0 Å². The number of benzene rings is 1. The fraction of sp³-hybridized carbons (Fsp3) is 0.200. The van der Waals surface area contributed by atoms with Gasteiger partial charge in [0.25, 0.3) is 5.56 Å². The molecule has 0 spiro atoms. The van der Waals surface area contributed by atoms with Crippen molar-refractivity contribution in [1.82, 2.24) is 25.0 Å². The lowest BCUT2D eigenvalue weighted by atomic mass is 10.2. The summed E-state index contributed by atoms with van der Waals surface area (Å²) in [6.07, 6.45) is 2.16. The minimum absolute atomic E-state index is 0. The molecule has 0 radical (unpaired) electrons.